The van der Waals surface area contributed by atoms with Gasteiger partial charge in [-0.2, -0.15) is 0 Å². The van der Waals surface area contributed by atoms with Gasteiger partial charge in [-0.05, 0) is 36.4 Å². The van der Waals surface area contributed by atoms with Crippen molar-refractivity contribution in [3.8, 4) is 0 Å². The predicted octanol–water partition coefficient (Wildman–Crippen LogP) is 0.833. The van der Waals surface area contributed by atoms with Crippen LogP contribution < -0.4 is 15.4 Å². The molecule has 3 N–H and O–H groups in total. The van der Waals surface area contributed by atoms with E-state index in [0.29, 0.717) is 11.4 Å². The van der Waals surface area contributed by atoms with Crippen molar-refractivity contribution in [3.63, 3.8) is 0 Å². The highest BCUT2D eigenvalue weighted by molar-refractivity contribution is 7.89. The molecule has 1 heterocycles. The Morgan fingerprint density at radius 2 is 1.83 bits per heavy atom. The third kappa shape index (κ3) is 5.21. The average molecular weight is 351 g/mol. The maximum Gasteiger partial charge on any atom is 0.241 e. The van der Waals surface area contributed by atoms with Gasteiger partial charge in [0.2, 0.25) is 21.8 Å². The maximum absolute atomic E-state index is 12.1. The van der Waals surface area contributed by atoms with Gasteiger partial charge in [0.05, 0.1) is 24.2 Å². The van der Waals surface area contributed by atoms with Crippen LogP contribution in [0.1, 0.15) is 12.7 Å². The van der Waals surface area contributed by atoms with Gasteiger partial charge in [0, 0.05) is 12.6 Å². The van der Waals surface area contributed by atoms with Crippen LogP contribution in [0.4, 0.5) is 5.69 Å². The largest absolute Gasteiger partial charge is 0.467 e. The van der Waals surface area contributed by atoms with Crippen molar-refractivity contribution in [1.82, 2.24) is 10.0 Å². The summed E-state index contributed by atoms with van der Waals surface area (Å²) in [5.74, 6) is -0.165. The average Bonchev–Trinajstić information content (AvgIpc) is 3.04. The molecule has 2 aromatic rings. The summed E-state index contributed by atoms with van der Waals surface area (Å²) in [6.45, 7) is 1.14. The minimum atomic E-state index is -3.82. The standard InChI is InChI=1S/C15H17N3O5S/c1-11(19)18-12-4-6-14(7-5-12)24(21,22)17-10-15(20)16-9-13-3-2-8-23-13/h2-8,17H,9-10H2,1H3,(H,16,20)(H,18,19). The van der Waals surface area contributed by atoms with Gasteiger partial charge in [-0.25, -0.2) is 13.1 Å². The summed E-state index contributed by atoms with van der Waals surface area (Å²) in [5.41, 5.74) is 0.484. The van der Waals surface area contributed by atoms with Crippen molar-refractivity contribution in [3.05, 3.63) is 48.4 Å². The number of amides is 2. The van der Waals surface area contributed by atoms with Gasteiger partial charge in [-0.1, -0.05) is 0 Å². The van der Waals surface area contributed by atoms with Gasteiger partial charge in [0.25, 0.3) is 0 Å². The molecule has 0 saturated carbocycles. The Bertz CT molecular complexity index is 798. The first-order chi connectivity index (χ1) is 11.4. The molecule has 1 aromatic heterocycles. The van der Waals surface area contributed by atoms with Crippen molar-refractivity contribution in [2.75, 3.05) is 11.9 Å². The topological polar surface area (TPSA) is 118 Å². The number of benzene rings is 1. The van der Waals surface area contributed by atoms with Crippen molar-refractivity contribution in [2.24, 2.45) is 0 Å². The smallest absolute Gasteiger partial charge is 0.241 e. The van der Waals surface area contributed by atoms with E-state index < -0.39 is 22.5 Å². The third-order valence-electron chi connectivity index (χ3n) is 2.95. The van der Waals surface area contributed by atoms with Gasteiger partial charge in [0.15, 0.2) is 0 Å². The lowest BCUT2D eigenvalue weighted by Gasteiger charge is -2.08. The van der Waals surface area contributed by atoms with Crippen LogP contribution in [0.3, 0.4) is 0 Å². The molecule has 0 fully saturated rings. The van der Waals surface area contributed by atoms with E-state index >= 15 is 0 Å². The monoisotopic (exact) mass is 351 g/mol. The zero-order chi connectivity index (χ0) is 17.6. The van der Waals surface area contributed by atoms with E-state index in [1.165, 1.54) is 37.5 Å². The van der Waals surface area contributed by atoms with Gasteiger partial charge >= 0.3 is 0 Å². The quantitative estimate of drug-likeness (QED) is 0.683. The molecular formula is C15H17N3O5S. The van der Waals surface area contributed by atoms with Gasteiger partial charge in [0.1, 0.15) is 5.76 Å². The van der Waals surface area contributed by atoms with Crippen LogP contribution in [-0.2, 0) is 26.2 Å². The van der Waals surface area contributed by atoms with E-state index in [1.807, 2.05) is 0 Å². The molecule has 0 spiro atoms. The summed E-state index contributed by atoms with van der Waals surface area (Å²) in [6.07, 6.45) is 1.48. The van der Waals surface area contributed by atoms with Crippen LogP contribution in [0, 0.1) is 0 Å². The Balaban J connectivity index is 1.88. The molecule has 0 bridgehead atoms. The SMILES string of the molecule is CC(=O)Nc1ccc(S(=O)(=O)NCC(=O)NCc2ccco2)cc1. The molecule has 0 atom stereocenters. The molecule has 0 saturated heterocycles. The number of rotatable bonds is 7. The number of furan rings is 1. The molecule has 2 rings (SSSR count). The summed E-state index contributed by atoms with van der Waals surface area (Å²) in [7, 11) is -3.82. The minimum Gasteiger partial charge on any atom is -0.467 e. The lowest BCUT2D eigenvalue weighted by molar-refractivity contribution is -0.120. The number of hydrogen-bond donors (Lipinski definition) is 3. The lowest BCUT2D eigenvalue weighted by Crippen LogP contribution is -2.36. The van der Waals surface area contributed by atoms with Crippen LogP contribution >= 0.6 is 0 Å². The normalized spacial score (nSPS) is 11.0. The number of carbonyl (C=O) groups is 2. The molecule has 0 radical (unpaired) electrons. The molecule has 0 aliphatic rings. The summed E-state index contributed by atoms with van der Waals surface area (Å²) < 4.78 is 31.5. The number of sulfonamides is 1. The highest BCUT2D eigenvalue weighted by Gasteiger charge is 2.15. The molecule has 0 aliphatic carbocycles. The second-order valence-corrected chi connectivity index (χ2v) is 6.65. The summed E-state index contributed by atoms with van der Waals surface area (Å²) in [5, 5.41) is 5.07. The molecular weight excluding hydrogens is 334 g/mol. The Morgan fingerprint density at radius 1 is 1.12 bits per heavy atom. The van der Waals surface area contributed by atoms with Crippen LogP contribution in [-0.4, -0.2) is 26.8 Å². The van der Waals surface area contributed by atoms with Crippen molar-refractivity contribution < 1.29 is 22.4 Å². The van der Waals surface area contributed by atoms with Gasteiger partial charge in [-0.15, -0.1) is 0 Å². The van der Waals surface area contributed by atoms with E-state index in [4.69, 9.17) is 4.42 Å². The lowest BCUT2D eigenvalue weighted by atomic mass is 10.3. The predicted molar refractivity (Wildman–Crippen MR) is 86.5 cm³/mol. The van der Waals surface area contributed by atoms with Crippen molar-refractivity contribution in [2.45, 2.75) is 18.4 Å². The van der Waals surface area contributed by atoms with Crippen LogP contribution in [0.25, 0.3) is 0 Å². The Kier molecular flexibility index (Phi) is 5.72. The second kappa shape index (κ2) is 7.75. The number of nitrogens with one attached hydrogen (secondary N) is 3. The molecule has 0 aliphatic heterocycles. The summed E-state index contributed by atoms with van der Waals surface area (Å²) >= 11 is 0. The van der Waals surface area contributed by atoms with Crippen molar-refractivity contribution in [1.29, 1.82) is 0 Å². The Hall–Kier alpha value is -2.65. The minimum absolute atomic E-state index is 0.00423. The zero-order valence-electron chi connectivity index (χ0n) is 12.9. The van der Waals surface area contributed by atoms with Crippen LogP contribution in [0.15, 0.2) is 52.0 Å². The molecule has 24 heavy (non-hydrogen) atoms. The fourth-order valence-electron chi connectivity index (χ4n) is 1.83. The first-order valence-electron chi connectivity index (χ1n) is 7.03. The van der Waals surface area contributed by atoms with Crippen LogP contribution in [0.2, 0.25) is 0 Å². The summed E-state index contributed by atoms with van der Waals surface area (Å²) in [6, 6.07) is 9.00. The van der Waals surface area contributed by atoms with Crippen molar-refractivity contribution >= 4 is 27.5 Å². The van der Waals surface area contributed by atoms with E-state index in [2.05, 4.69) is 15.4 Å². The third-order valence-corrected chi connectivity index (χ3v) is 4.36. The van der Waals surface area contributed by atoms with E-state index in [1.54, 1.807) is 12.1 Å². The van der Waals surface area contributed by atoms with Gasteiger partial charge < -0.3 is 15.1 Å². The highest BCUT2D eigenvalue weighted by atomic mass is 32.2. The highest BCUT2D eigenvalue weighted by Crippen LogP contribution is 2.13. The molecule has 128 valence electrons. The number of carbonyl (C=O) groups excluding carboxylic acids is 2. The Labute approximate surface area is 139 Å². The molecule has 2 amide bonds. The van der Waals surface area contributed by atoms with E-state index in [-0.39, 0.29) is 17.3 Å². The number of anilines is 1. The molecule has 1 aromatic carbocycles. The van der Waals surface area contributed by atoms with E-state index in [9.17, 15) is 18.0 Å². The fourth-order valence-corrected chi connectivity index (χ4v) is 2.81. The molecule has 8 nitrogen and oxygen atoms in total. The summed E-state index contributed by atoms with van der Waals surface area (Å²) in [4.78, 5) is 22.6. The van der Waals surface area contributed by atoms with Crippen LogP contribution in [0.5, 0.6) is 0 Å². The maximum atomic E-state index is 12.1. The first kappa shape index (κ1) is 17.7. The molecule has 0 unspecified atom stereocenters. The Morgan fingerprint density at radius 3 is 2.42 bits per heavy atom. The molecule has 9 heteroatoms. The first-order valence-corrected chi connectivity index (χ1v) is 8.51. The van der Waals surface area contributed by atoms with Gasteiger partial charge in [-0.3, -0.25) is 9.59 Å². The van der Waals surface area contributed by atoms with E-state index in [0.717, 1.165) is 0 Å². The second-order valence-electron chi connectivity index (χ2n) is 4.89. The fraction of sp³-hybridized carbons (Fsp3) is 0.200. The zero-order valence-corrected chi connectivity index (χ0v) is 13.7. The number of hydrogen-bond acceptors (Lipinski definition) is 5.